The molecule has 1 N–H and O–H groups in total. The number of aryl methyl sites for hydroxylation is 3. The molecule has 0 aliphatic rings. The number of pyridine rings is 1. The van der Waals surface area contributed by atoms with Gasteiger partial charge in [-0.2, -0.15) is 0 Å². The minimum Gasteiger partial charge on any atom is -0.321 e. The Morgan fingerprint density at radius 3 is 2.71 bits per heavy atom. The molecule has 24 heavy (non-hydrogen) atoms. The molecule has 3 rings (SSSR count). The van der Waals surface area contributed by atoms with Crippen LogP contribution >= 0.6 is 0 Å². The SMILES string of the molecule is CCCc1nc2ccc(F)cn2c1C(=O)Nc1ccc(C)c(C)c1. The van der Waals surface area contributed by atoms with Crippen molar-refractivity contribution < 1.29 is 9.18 Å². The first kappa shape index (κ1) is 16.2. The summed E-state index contributed by atoms with van der Waals surface area (Å²) in [5.74, 6) is -0.678. The zero-order valence-electron chi connectivity index (χ0n) is 14.1. The minimum atomic E-state index is -0.400. The number of rotatable bonds is 4. The Kier molecular flexibility index (Phi) is 4.34. The molecular formula is C19H20FN3O. The molecule has 0 saturated carbocycles. The monoisotopic (exact) mass is 325 g/mol. The third kappa shape index (κ3) is 3.02. The van der Waals surface area contributed by atoms with Crippen LogP contribution in [0.3, 0.4) is 0 Å². The van der Waals surface area contributed by atoms with Crippen molar-refractivity contribution >= 4 is 17.2 Å². The van der Waals surface area contributed by atoms with Crippen LogP contribution in [-0.4, -0.2) is 15.3 Å². The van der Waals surface area contributed by atoms with Gasteiger partial charge in [0.2, 0.25) is 0 Å². The van der Waals surface area contributed by atoms with Gasteiger partial charge < -0.3 is 5.32 Å². The summed E-state index contributed by atoms with van der Waals surface area (Å²) in [5.41, 5.74) is 4.64. The lowest BCUT2D eigenvalue weighted by Gasteiger charge is -2.09. The van der Waals surface area contributed by atoms with E-state index in [1.54, 1.807) is 6.07 Å². The fraction of sp³-hybridized carbons (Fsp3) is 0.263. The summed E-state index contributed by atoms with van der Waals surface area (Å²) in [4.78, 5) is 17.3. The second-order valence-electron chi connectivity index (χ2n) is 5.99. The largest absolute Gasteiger partial charge is 0.321 e. The van der Waals surface area contributed by atoms with Gasteiger partial charge in [-0.25, -0.2) is 9.37 Å². The van der Waals surface area contributed by atoms with E-state index in [9.17, 15) is 9.18 Å². The van der Waals surface area contributed by atoms with Crippen molar-refractivity contribution in [2.75, 3.05) is 5.32 Å². The number of halogens is 1. The van der Waals surface area contributed by atoms with Crippen LogP contribution in [0, 0.1) is 19.7 Å². The van der Waals surface area contributed by atoms with Gasteiger partial charge in [-0.15, -0.1) is 0 Å². The first-order chi connectivity index (χ1) is 11.5. The molecule has 0 radical (unpaired) electrons. The van der Waals surface area contributed by atoms with Gasteiger partial charge in [0.25, 0.3) is 5.91 Å². The number of nitrogens with zero attached hydrogens (tertiary/aromatic N) is 2. The molecule has 5 heteroatoms. The predicted molar refractivity (Wildman–Crippen MR) is 93.0 cm³/mol. The molecule has 0 aliphatic heterocycles. The maximum Gasteiger partial charge on any atom is 0.274 e. The van der Waals surface area contributed by atoms with E-state index in [-0.39, 0.29) is 5.91 Å². The number of aromatic nitrogens is 2. The van der Waals surface area contributed by atoms with Crippen LogP contribution in [0.2, 0.25) is 0 Å². The van der Waals surface area contributed by atoms with Gasteiger partial charge >= 0.3 is 0 Å². The highest BCUT2D eigenvalue weighted by Crippen LogP contribution is 2.19. The van der Waals surface area contributed by atoms with Crippen LogP contribution in [0.5, 0.6) is 0 Å². The summed E-state index contributed by atoms with van der Waals surface area (Å²) in [6.45, 7) is 6.04. The Hall–Kier alpha value is -2.69. The predicted octanol–water partition coefficient (Wildman–Crippen LogP) is 4.30. The molecule has 124 valence electrons. The molecule has 0 bridgehead atoms. The number of fused-ring (bicyclic) bond motifs is 1. The maximum atomic E-state index is 13.6. The van der Waals surface area contributed by atoms with Gasteiger partial charge in [0.1, 0.15) is 17.2 Å². The first-order valence-corrected chi connectivity index (χ1v) is 8.04. The van der Waals surface area contributed by atoms with E-state index in [1.807, 2.05) is 39.0 Å². The molecule has 0 saturated heterocycles. The van der Waals surface area contributed by atoms with Crippen LogP contribution in [0.1, 0.15) is 40.7 Å². The lowest BCUT2D eigenvalue weighted by Crippen LogP contribution is -2.16. The number of hydrogen-bond acceptors (Lipinski definition) is 2. The van der Waals surface area contributed by atoms with Crippen molar-refractivity contribution in [2.45, 2.75) is 33.6 Å². The van der Waals surface area contributed by atoms with Crippen molar-refractivity contribution in [2.24, 2.45) is 0 Å². The van der Waals surface area contributed by atoms with Gasteiger partial charge in [-0.1, -0.05) is 19.4 Å². The Labute approximate surface area is 140 Å². The minimum absolute atomic E-state index is 0.278. The zero-order chi connectivity index (χ0) is 17.3. The van der Waals surface area contributed by atoms with E-state index in [2.05, 4.69) is 10.3 Å². The lowest BCUT2D eigenvalue weighted by atomic mass is 10.1. The Bertz CT molecular complexity index is 914. The van der Waals surface area contributed by atoms with Gasteiger partial charge in [-0.3, -0.25) is 9.20 Å². The van der Waals surface area contributed by atoms with E-state index in [0.29, 0.717) is 23.5 Å². The van der Waals surface area contributed by atoms with Crippen LogP contribution in [0.4, 0.5) is 10.1 Å². The summed E-state index contributed by atoms with van der Waals surface area (Å²) in [6.07, 6.45) is 2.83. The van der Waals surface area contributed by atoms with Crippen molar-refractivity contribution in [3.05, 3.63) is 64.9 Å². The van der Waals surface area contributed by atoms with Crippen molar-refractivity contribution in [1.82, 2.24) is 9.38 Å². The molecule has 4 nitrogen and oxygen atoms in total. The smallest absolute Gasteiger partial charge is 0.274 e. The van der Waals surface area contributed by atoms with Gasteiger partial charge in [0, 0.05) is 11.9 Å². The molecule has 1 amide bonds. The zero-order valence-corrected chi connectivity index (χ0v) is 14.1. The average molecular weight is 325 g/mol. The van der Waals surface area contributed by atoms with Crippen LogP contribution < -0.4 is 5.32 Å². The lowest BCUT2D eigenvalue weighted by molar-refractivity contribution is 0.102. The molecule has 0 spiro atoms. The summed E-state index contributed by atoms with van der Waals surface area (Å²) in [5, 5.41) is 2.90. The second kappa shape index (κ2) is 6.43. The Morgan fingerprint density at radius 2 is 2.00 bits per heavy atom. The molecule has 1 aromatic carbocycles. The molecule has 0 atom stereocenters. The topological polar surface area (TPSA) is 46.4 Å². The first-order valence-electron chi connectivity index (χ1n) is 8.04. The van der Waals surface area contributed by atoms with Crippen molar-refractivity contribution in [3.63, 3.8) is 0 Å². The second-order valence-corrected chi connectivity index (χ2v) is 5.99. The molecule has 0 unspecified atom stereocenters. The molecule has 0 fully saturated rings. The summed E-state index contributed by atoms with van der Waals surface area (Å²) < 4.78 is 15.1. The standard InChI is InChI=1S/C19H20FN3O/c1-4-5-16-18(23-11-14(20)7-9-17(23)22-16)19(24)21-15-8-6-12(2)13(3)10-15/h6-11H,4-5H2,1-3H3,(H,21,24). The fourth-order valence-corrected chi connectivity index (χ4v) is 2.73. The normalized spacial score (nSPS) is 11.0. The summed E-state index contributed by atoms with van der Waals surface area (Å²) >= 11 is 0. The van der Waals surface area contributed by atoms with Crippen LogP contribution in [0.25, 0.3) is 5.65 Å². The van der Waals surface area contributed by atoms with E-state index in [4.69, 9.17) is 0 Å². The van der Waals surface area contributed by atoms with Gasteiger partial charge in [0.05, 0.1) is 5.69 Å². The Morgan fingerprint density at radius 1 is 1.21 bits per heavy atom. The number of anilines is 1. The number of imidazole rings is 1. The van der Waals surface area contributed by atoms with E-state index >= 15 is 0 Å². The highest BCUT2D eigenvalue weighted by Gasteiger charge is 2.19. The molecule has 2 heterocycles. The number of carbonyl (C=O) groups is 1. The van der Waals surface area contributed by atoms with Crippen molar-refractivity contribution in [3.8, 4) is 0 Å². The third-order valence-electron chi connectivity index (χ3n) is 4.12. The highest BCUT2D eigenvalue weighted by molar-refractivity contribution is 6.04. The van der Waals surface area contributed by atoms with Gasteiger partial charge in [0.15, 0.2) is 0 Å². The number of carbonyl (C=O) groups excluding carboxylic acids is 1. The number of amides is 1. The van der Waals surface area contributed by atoms with Crippen LogP contribution in [-0.2, 0) is 6.42 Å². The van der Waals surface area contributed by atoms with E-state index in [1.165, 1.54) is 16.7 Å². The Balaban J connectivity index is 2.02. The molecule has 0 aliphatic carbocycles. The average Bonchev–Trinajstić information content (AvgIpc) is 2.88. The van der Waals surface area contributed by atoms with E-state index in [0.717, 1.165) is 23.2 Å². The number of hydrogen-bond donors (Lipinski definition) is 1. The summed E-state index contributed by atoms with van der Waals surface area (Å²) in [6, 6.07) is 8.69. The van der Waals surface area contributed by atoms with Crippen molar-refractivity contribution in [1.29, 1.82) is 0 Å². The number of benzene rings is 1. The molecular weight excluding hydrogens is 305 g/mol. The van der Waals surface area contributed by atoms with Crippen LogP contribution in [0.15, 0.2) is 36.5 Å². The van der Waals surface area contributed by atoms with E-state index < -0.39 is 5.82 Å². The maximum absolute atomic E-state index is 13.6. The fourth-order valence-electron chi connectivity index (χ4n) is 2.73. The quantitative estimate of drug-likeness (QED) is 0.777. The summed E-state index contributed by atoms with van der Waals surface area (Å²) in [7, 11) is 0. The third-order valence-corrected chi connectivity index (χ3v) is 4.12. The molecule has 2 aromatic heterocycles. The van der Waals surface area contributed by atoms with Gasteiger partial charge in [-0.05, 0) is 55.7 Å². The number of nitrogens with one attached hydrogen (secondary N) is 1. The molecule has 3 aromatic rings. The highest BCUT2D eigenvalue weighted by atomic mass is 19.1.